The molecule has 17 heteroatoms. The fraction of sp³-hybridized carbons (Fsp3) is 0.333. The molecule has 1 fully saturated rings. The summed E-state index contributed by atoms with van der Waals surface area (Å²) in [5, 5.41) is 15.2. The molecule has 0 radical (unpaired) electrons. The number of aromatic nitrogens is 1. The van der Waals surface area contributed by atoms with Crippen LogP contribution in [-0.2, 0) is 29.5 Å². The Morgan fingerprint density at radius 3 is 2.66 bits per heavy atom. The van der Waals surface area contributed by atoms with E-state index in [-0.39, 0.29) is 23.7 Å². The monoisotopic (exact) mass is 592 g/mol. The third-order valence-electron chi connectivity index (χ3n) is 5.31. The van der Waals surface area contributed by atoms with Gasteiger partial charge in [0, 0.05) is 40.9 Å². The van der Waals surface area contributed by atoms with E-state index in [1.54, 1.807) is 16.5 Å². The van der Waals surface area contributed by atoms with Gasteiger partial charge in [0.25, 0.3) is 0 Å². The van der Waals surface area contributed by atoms with Gasteiger partial charge in [-0.1, -0.05) is 17.7 Å². The van der Waals surface area contributed by atoms with Gasteiger partial charge in [0.05, 0.1) is 25.9 Å². The van der Waals surface area contributed by atoms with Gasteiger partial charge in [-0.3, -0.25) is 23.8 Å². The van der Waals surface area contributed by atoms with Crippen LogP contribution in [0.3, 0.4) is 0 Å². The number of carbonyl (C=O) groups excluding carboxylic acids is 1. The van der Waals surface area contributed by atoms with Gasteiger partial charge in [0.2, 0.25) is 0 Å². The number of ether oxygens (including phenoxy) is 2. The Morgan fingerprint density at radius 1 is 1.37 bits per heavy atom. The number of esters is 1. The summed E-state index contributed by atoms with van der Waals surface area (Å²) >= 11 is 7.67. The summed E-state index contributed by atoms with van der Waals surface area (Å²) < 4.78 is 55.7. The number of hydrogen-bond donors (Lipinski definition) is 4. The minimum Gasteiger partial charge on any atom is -0.480 e. The van der Waals surface area contributed by atoms with Crippen LogP contribution in [0, 0.1) is 5.82 Å². The standard InChI is InChI=1S/C21H20ClFN4O5S.H2O4S/c1-31-21(30)16-14(9-27-5-6-32-10-15(27)20(28)29)25-18(19-24-4-7-33-19)26-17(16)12-3-2-11(23)8-13(12)22;1-5(2,3)4/h2-4,7-8,15,17H,5-6,9-10H2,1H3,(H,25,26)(H,28,29);(H2,1,2,3,4)/t15-,17-;/m0./s1. The lowest BCUT2D eigenvalue weighted by atomic mass is 9.95. The molecular weight excluding hydrogens is 571 g/mol. The first kappa shape index (κ1) is 29.6. The zero-order valence-electron chi connectivity index (χ0n) is 19.6. The number of aliphatic carboxylic acids is 1. The average molecular weight is 593 g/mol. The lowest BCUT2D eigenvalue weighted by molar-refractivity contribution is -0.149. The third kappa shape index (κ3) is 7.76. The molecule has 0 unspecified atom stereocenters. The highest BCUT2D eigenvalue weighted by Crippen LogP contribution is 2.37. The number of carboxylic acids is 1. The van der Waals surface area contributed by atoms with Gasteiger partial charge >= 0.3 is 22.3 Å². The first-order valence-electron chi connectivity index (χ1n) is 10.6. The van der Waals surface area contributed by atoms with Gasteiger partial charge in [-0.2, -0.15) is 8.42 Å². The smallest absolute Gasteiger partial charge is 0.394 e. The van der Waals surface area contributed by atoms with Crippen LogP contribution in [0.25, 0.3) is 0 Å². The molecule has 206 valence electrons. The first-order valence-corrected chi connectivity index (χ1v) is 13.3. The molecule has 1 aromatic heterocycles. The van der Waals surface area contributed by atoms with Crippen LogP contribution in [-0.4, -0.2) is 89.7 Å². The second-order valence-electron chi connectivity index (χ2n) is 7.74. The van der Waals surface area contributed by atoms with Crippen LogP contribution in [0.4, 0.5) is 4.39 Å². The molecule has 0 bridgehead atoms. The summed E-state index contributed by atoms with van der Waals surface area (Å²) in [5.74, 6) is -1.83. The molecule has 0 saturated carbocycles. The van der Waals surface area contributed by atoms with E-state index in [1.807, 2.05) is 0 Å². The highest BCUT2D eigenvalue weighted by atomic mass is 35.5. The van der Waals surface area contributed by atoms with Crippen LogP contribution in [0.15, 0.2) is 46.0 Å². The number of aliphatic imine (C=N–C) groups is 1. The summed E-state index contributed by atoms with van der Waals surface area (Å²) in [6, 6.07) is 2.05. The number of hydrogen-bond acceptors (Lipinski definition) is 11. The van der Waals surface area contributed by atoms with Crippen molar-refractivity contribution in [2.45, 2.75) is 12.1 Å². The van der Waals surface area contributed by atoms with E-state index in [9.17, 15) is 19.1 Å². The number of methoxy groups -OCH3 is 1. The maximum Gasteiger partial charge on any atom is 0.394 e. The number of rotatable bonds is 6. The Balaban J connectivity index is 0.000000732. The number of carbonyl (C=O) groups is 2. The van der Waals surface area contributed by atoms with Crippen molar-refractivity contribution in [1.29, 1.82) is 0 Å². The summed E-state index contributed by atoms with van der Waals surface area (Å²) in [5.41, 5.74) is 0.964. The number of thiazole rings is 1. The quantitative estimate of drug-likeness (QED) is 0.280. The first-order chi connectivity index (χ1) is 17.9. The highest BCUT2D eigenvalue weighted by molar-refractivity contribution is 7.79. The molecular formula is C21H22ClFN4O9S2. The zero-order chi connectivity index (χ0) is 28.0. The van der Waals surface area contributed by atoms with Gasteiger partial charge in [0.1, 0.15) is 17.9 Å². The number of carboxylic acid groups (broad SMARTS) is 1. The predicted octanol–water partition coefficient (Wildman–Crippen LogP) is 1.59. The summed E-state index contributed by atoms with van der Waals surface area (Å²) in [6.45, 7) is 0.814. The highest BCUT2D eigenvalue weighted by Gasteiger charge is 2.37. The van der Waals surface area contributed by atoms with Gasteiger partial charge in [-0.05, 0) is 12.1 Å². The maximum absolute atomic E-state index is 13.7. The molecule has 2 aromatic rings. The summed E-state index contributed by atoms with van der Waals surface area (Å²) in [4.78, 5) is 35.3. The second kappa shape index (κ2) is 12.7. The number of nitrogens with one attached hydrogen (secondary N) is 1. The molecule has 1 saturated heterocycles. The van der Waals surface area contributed by atoms with E-state index in [0.29, 0.717) is 35.3 Å². The Labute approximate surface area is 225 Å². The maximum atomic E-state index is 13.7. The Morgan fingerprint density at radius 2 is 2.08 bits per heavy atom. The number of morpholine rings is 1. The van der Waals surface area contributed by atoms with Crippen molar-refractivity contribution >= 4 is 51.1 Å². The molecule has 2 atom stereocenters. The molecule has 4 N–H and O–H groups in total. The van der Waals surface area contributed by atoms with Crippen LogP contribution in [0.5, 0.6) is 0 Å². The van der Waals surface area contributed by atoms with E-state index in [1.165, 1.54) is 30.6 Å². The van der Waals surface area contributed by atoms with Crippen molar-refractivity contribution in [3.63, 3.8) is 0 Å². The van der Waals surface area contributed by atoms with Gasteiger partial charge in [0.15, 0.2) is 10.8 Å². The van der Waals surface area contributed by atoms with E-state index < -0.39 is 40.2 Å². The molecule has 0 spiro atoms. The molecule has 0 aliphatic carbocycles. The second-order valence-corrected chi connectivity index (χ2v) is 9.94. The molecule has 4 rings (SSSR count). The van der Waals surface area contributed by atoms with E-state index in [2.05, 4.69) is 15.3 Å². The van der Waals surface area contributed by atoms with Crippen molar-refractivity contribution in [3.8, 4) is 0 Å². The summed E-state index contributed by atoms with van der Waals surface area (Å²) in [7, 11) is -3.43. The molecule has 13 nitrogen and oxygen atoms in total. The number of halogens is 2. The van der Waals surface area contributed by atoms with Crippen molar-refractivity contribution in [3.05, 3.63) is 62.5 Å². The van der Waals surface area contributed by atoms with Gasteiger partial charge in [-0.15, -0.1) is 11.3 Å². The Kier molecular flexibility index (Phi) is 9.88. The Hall–Kier alpha value is -2.99. The molecule has 2 aliphatic rings. The van der Waals surface area contributed by atoms with Gasteiger partial charge < -0.3 is 19.9 Å². The Bertz CT molecular complexity index is 1340. The zero-order valence-corrected chi connectivity index (χ0v) is 22.0. The van der Waals surface area contributed by atoms with Crippen molar-refractivity contribution in [2.75, 3.05) is 33.4 Å². The van der Waals surface area contributed by atoms with E-state index in [4.69, 9.17) is 38.6 Å². The fourth-order valence-electron chi connectivity index (χ4n) is 3.73. The number of benzene rings is 1. The number of nitrogens with zero attached hydrogens (tertiary/aromatic N) is 3. The van der Waals surface area contributed by atoms with Crippen LogP contribution in [0.2, 0.25) is 5.02 Å². The average Bonchev–Trinajstić information content (AvgIpc) is 3.37. The molecule has 1 aromatic carbocycles. The van der Waals surface area contributed by atoms with Gasteiger partial charge in [-0.25, -0.2) is 14.2 Å². The largest absolute Gasteiger partial charge is 0.480 e. The lowest BCUT2D eigenvalue weighted by Crippen LogP contribution is -2.52. The van der Waals surface area contributed by atoms with Crippen molar-refractivity contribution < 1.29 is 46.1 Å². The minimum atomic E-state index is -4.67. The fourth-order valence-corrected chi connectivity index (χ4v) is 4.58. The van der Waals surface area contributed by atoms with E-state index >= 15 is 0 Å². The molecule has 0 amide bonds. The number of amidine groups is 1. The molecule has 3 heterocycles. The minimum absolute atomic E-state index is 0.0246. The van der Waals surface area contributed by atoms with Crippen molar-refractivity contribution in [1.82, 2.24) is 15.2 Å². The third-order valence-corrected chi connectivity index (χ3v) is 6.42. The van der Waals surface area contributed by atoms with Crippen molar-refractivity contribution in [2.24, 2.45) is 4.99 Å². The summed E-state index contributed by atoms with van der Waals surface area (Å²) in [6.07, 6.45) is 1.62. The SMILES string of the molecule is COC(=O)C1=C(CN2CCOC[C@H]2C(=O)O)NC(c2nccs2)=N[C@H]1c1ccc(F)cc1Cl.O=S(=O)(O)O. The lowest BCUT2D eigenvalue weighted by Gasteiger charge is -2.35. The topological polar surface area (TPSA) is 188 Å². The predicted molar refractivity (Wildman–Crippen MR) is 133 cm³/mol. The molecule has 2 aliphatic heterocycles. The normalized spacial score (nSPS) is 20.1. The van der Waals surface area contributed by atoms with Crippen LogP contribution < -0.4 is 5.32 Å². The van der Waals surface area contributed by atoms with Crippen LogP contribution in [0.1, 0.15) is 16.6 Å². The van der Waals surface area contributed by atoms with Crippen LogP contribution >= 0.6 is 22.9 Å². The van der Waals surface area contributed by atoms with E-state index in [0.717, 1.165) is 6.07 Å². The molecule has 38 heavy (non-hydrogen) atoms.